The molecule has 1 aromatic heterocycles. The molecule has 0 atom stereocenters. The van der Waals surface area contributed by atoms with Gasteiger partial charge in [-0.25, -0.2) is 4.98 Å². The number of carbonyl (C=O) groups is 1. The van der Waals surface area contributed by atoms with Crippen LogP contribution >= 0.6 is 11.8 Å². The van der Waals surface area contributed by atoms with Crippen LogP contribution in [-0.2, 0) is 4.79 Å². The molecule has 2 heterocycles. The fraction of sp³-hybridized carbons (Fsp3) is 0.300. The lowest BCUT2D eigenvalue weighted by Crippen LogP contribution is -2.11. The minimum Gasteiger partial charge on any atom is -0.490 e. The van der Waals surface area contributed by atoms with E-state index >= 15 is 0 Å². The maximum absolute atomic E-state index is 12.2. The summed E-state index contributed by atoms with van der Waals surface area (Å²) in [4.78, 5) is 20.0. The number of nitrogens with one attached hydrogen (secondary N) is 2. The first-order chi connectivity index (χ1) is 13.3. The molecule has 1 aliphatic heterocycles. The summed E-state index contributed by atoms with van der Waals surface area (Å²) in [5.74, 6) is 2.24. The van der Waals surface area contributed by atoms with Crippen LogP contribution in [0.15, 0.2) is 47.6 Å². The van der Waals surface area contributed by atoms with E-state index in [4.69, 9.17) is 9.47 Å². The van der Waals surface area contributed by atoms with E-state index in [0.717, 1.165) is 46.2 Å². The van der Waals surface area contributed by atoms with E-state index in [1.54, 1.807) is 11.8 Å². The van der Waals surface area contributed by atoms with Crippen molar-refractivity contribution in [2.45, 2.75) is 24.4 Å². The zero-order valence-corrected chi connectivity index (χ0v) is 15.7. The zero-order chi connectivity index (χ0) is 18.5. The summed E-state index contributed by atoms with van der Waals surface area (Å²) in [5, 5.41) is 3.81. The Bertz CT molecular complexity index is 908. The third-order valence-electron chi connectivity index (χ3n) is 4.19. The molecule has 140 valence electrons. The number of aromatic nitrogens is 2. The van der Waals surface area contributed by atoms with Gasteiger partial charge in [0.2, 0.25) is 5.91 Å². The van der Waals surface area contributed by atoms with E-state index in [1.807, 2.05) is 42.5 Å². The van der Waals surface area contributed by atoms with Gasteiger partial charge in [0, 0.05) is 30.3 Å². The van der Waals surface area contributed by atoms with Gasteiger partial charge < -0.3 is 19.8 Å². The third-order valence-corrected chi connectivity index (χ3v) is 5.15. The van der Waals surface area contributed by atoms with E-state index in [2.05, 4.69) is 15.3 Å². The lowest BCUT2D eigenvalue weighted by molar-refractivity contribution is -0.116. The van der Waals surface area contributed by atoms with Crippen LogP contribution in [-0.4, -0.2) is 34.8 Å². The Morgan fingerprint density at radius 1 is 1.15 bits per heavy atom. The highest BCUT2D eigenvalue weighted by Crippen LogP contribution is 2.32. The number of benzene rings is 2. The first-order valence-electron chi connectivity index (χ1n) is 9.05. The van der Waals surface area contributed by atoms with Crippen LogP contribution in [0.5, 0.6) is 11.5 Å². The monoisotopic (exact) mass is 383 g/mol. The Morgan fingerprint density at radius 3 is 2.89 bits per heavy atom. The van der Waals surface area contributed by atoms with Crippen molar-refractivity contribution in [3.63, 3.8) is 0 Å². The quantitative estimate of drug-likeness (QED) is 0.492. The lowest BCUT2D eigenvalue weighted by Gasteiger charge is -2.10. The van der Waals surface area contributed by atoms with Gasteiger partial charge in [0.05, 0.1) is 24.2 Å². The number of para-hydroxylation sites is 2. The Labute approximate surface area is 161 Å². The molecule has 0 fully saturated rings. The smallest absolute Gasteiger partial charge is 0.224 e. The molecule has 1 amide bonds. The van der Waals surface area contributed by atoms with Gasteiger partial charge in [-0.2, -0.15) is 0 Å². The van der Waals surface area contributed by atoms with E-state index < -0.39 is 0 Å². The van der Waals surface area contributed by atoms with Crippen molar-refractivity contribution >= 4 is 34.4 Å². The highest BCUT2D eigenvalue weighted by atomic mass is 32.2. The van der Waals surface area contributed by atoms with E-state index in [1.165, 1.54) is 0 Å². The summed E-state index contributed by atoms with van der Waals surface area (Å²) in [7, 11) is 0. The number of nitrogens with zero attached hydrogens (tertiary/aromatic N) is 1. The van der Waals surface area contributed by atoms with Crippen molar-refractivity contribution in [2.24, 2.45) is 0 Å². The highest BCUT2D eigenvalue weighted by molar-refractivity contribution is 7.99. The SMILES string of the molecule is O=C(CCCSc1nc2ccccc2[nH]1)Nc1ccc2c(c1)OCCCO2. The van der Waals surface area contributed by atoms with Crippen molar-refractivity contribution in [1.29, 1.82) is 0 Å². The highest BCUT2D eigenvalue weighted by Gasteiger charge is 2.12. The molecule has 7 heteroatoms. The Balaban J connectivity index is 1.24. The van der Waals surface area contributed by atoms with Gasteiger partial charge in [-0.1, -0.05) is 23.9 Å². The molecule has 3 aromatic rings. The van der Waals surface area contributed by atoms with Gasteiger partial charge in [-0.05, 0) is 30.7 Å². The largest absolute Gasteiger partial charge is 0.490 e. The van der Waals surface area contributed by atoms with E-state index in [-0.39, 0.29) is 5.91 Å². The number of imidazole rings is 1. The number of H-pyrrole nitrogens is 1. The van der Waals surface area contributed by atoms with Crippen molar-refractivity contribution < 1.29 is 14.3 Å². The van der Waals surface area contributed by atoms with Crippen LogP contribution < -0.4 is 14.8 Å². The van der Waals surface area contributed by atoms with Gasteiger partial charge in [-0.15, -0.1) is 0 Å². The minimum atomic E-state index is -0.00491. The molecular weight excluding hydrogens is 362 g/mol. The number of carbonyl (C=O) groups excluding carboxylic acids is 1. The third kappa shape index (κ3) is 4.54. The van der Waals surface area contributed by atoms with Gasteiger partial charge in [-0.3, -0.25) is 4.79 Å². The second kappa shape index (κ2) is 8.35. The van der Waals surface area contributed by atoms with Crippen LogP contribution in [0.25, 0.3) is 11.0 Å². The number of fused-ring (bicyclic) bond motifs is 2. The van der Waals surface area contributed by atoms with Crippen molar-refractivity contribution in [1.82, 2.24) is 9.97 Å². The maximum Gasteiger partial charge on any atom is 0.224 e. The molecule has 0 saturated heterocycles. The molecule has 6 nitrogen and oxygen atoms in total. The first-order valence-corrected chi connectivity index (χ1v) is 10.0. The molecule has 1 aliphatic rings. The summed E-state index contributed by atoms with van der Waals surface area (Å²) in [6.45, 7) is 1.28. The number of hydrogen-bond donors (Lipinski definition) is 2. The van der Waals surface area contributed by atoms with Crippen LogP contribution in [0.3, 0.4) is 0 Å². The molecule has 2 N–H and O–H groups in total. The number of thioether (sulfide) groups is 1. The lowest BCUT2D eigenvalue weighted by atomic mass is 10.2. The number of aromatic amines is 1. The zero-order valence-electron chi connectivity index (χ0n) is 14.9. The van der Waals surface area contributed by atoms with Gasteiger partial charge in [0.25, 0.3) is 0 Å². The average molecular weight is 383 g/mol. The van der Waals surface area contributed by atoms with Crippen LogP contribution in [0, 0.1) is 0 Å². The molecule has 4 rings (SSSR count). The summed E-state index contributed by atoms with van der Waals surface area (Å²) < 4.78 is 11.3. The van der Waals surface area contributed by atoms with Gasteiger partial charge >= 0.3 is 0 Å². The normalized spacial score (nSPS) is 13.3. The van der Waals surface area contributed by atoms with Crippen molar-refractivity contribution in [3.8, 4) is 11.5 Å². The number of anilines is 1. The molecule has 0 saturated carbocycles. The van der Waals surface area contributed by atoms with Gasteiger partial charge in [0.1, 0.15) is 0 Å². The molecule has 2 aromatic carbocycles. The predicted octanol–water partition coefficient (Wildman–Crippen LogP) is 4.24. The van der Waals surface area contributed by atoms with Crippen LogP contribution in [0.4, 0.5) is 5.69 Å². The van der Waals surface area contributed by atoms with Crippen molar-refractivity contribution in [3.05, 3.63) is 42.5 Å². The molecule has 0 unspecified atom stereocenters. The van der Waals surface area contributed by atoms with Gasteiger partial charge in [0.15, 0.2) is 16.7 Å². The fourth-order valence-electron chi connectivity index (χ4n) is 2.86. The average Bonchev–Trinajstić information content (AvgIpc) is 2.95. The number of hydrogen-bond acceptors (Lipinski definition) is 5. The summed E-state index contributed by atoms with van der Waals surface area (Å²) in [6, 6.07) is 13.5. The number of ether oxygens (including phenoxy) is 2. The second-order valence-electron chi connectivity index (χ2n) is 6.27. The summed E-state index contributed by atoms with van der Waals surface area (Å²) in [6.07, 6.45) is 2.10. The summed E-state index contributed by atoms with van der Waals surface area (Å²) >= 11 is 1.63. The predicted molar refractivity (Wildman–Crippen MR) is 107 cm³/mol. The molecular formula is C20H21N3O3S. The Kier molecular flexibility index (Phi) is 5.48. The van der Waals surface area contributed by atoms with Crippen molar-refractivity contribution in [2.75, 3.05) is 24.3 Å². The Morgan fingerprint density at radius 2 is 2.00 bits per heavy atom. The van der Waals surface area contributed by atoms with E-state index in [0.29, 0.717) is 25.4 Å². The second-order valence-corrected chi connectivity index (χ2v) is 7.35. The molecule has 0 spiro atoms. The van der Waals surface area contributed by atoms with E-state index in [9.17, 15) is 4.79 Å². The molecule has 0 radical (unpaired) electrons. The number of rotatable bonds is 6. The van der Waals surface area contributed by atoms with Crippen LogP contribution in [0.1, 0.15) is 19.3 Å². The maximum atomic E-state index is 12.2. The topological polar surface area (TPSA) is 76.2 Å². The summed E-state index contributed by atoms with van der Waals surface area (Å²) in [5.41, 5.74) is 2.73. The van der Waals surface area contributed by atoms with Crippen LogP contribution in [0.2, 0.25) is 0 Å². The fourth-order valence-corrected chi connectivity index (χ4v) is 3.69. The minimum absolute atomic E-state index is 0.00491. The molecule has 27 heavy (non-hydrogen) atoms. The molecule has 0 bridgehead atoms. The Hall–Kier alpha value is -2.67. The molecule has 0 aliphatic carbocycles. The number of amides is 1. The first kappa shape index (κ1) is 17.7. The standard InChI is InChI=1S/C20H21N3O3S/c24-19(21-14-8-9-17-18(13-14)26-11-4-10-25-17)7-3-12-27-20-22-15-5-1-2-6-16(15)23-20/h1-2,5-6,8-9,13H,3-4,7,10-12H2,(H,21,24)(H,22,23).